The topological polar surface area (TPSA) is 66.6 Å². The second kappa shape index (κ2) is 6.29. The van der Waals surface area contributed by atoms with E-state index in [0.717, 1.165) is 38.1 Å². The van der Waals surface area contributed by atoms with Crippen molar-refractivity contribution in [2.45, 2.75) is 30.7 Å². The third-order valence-corrected chi connectivity index (χ3v) is 5.92. The van der Waals surface area contributed by atoms with Gasteiger partial charge in [0.15, 0.2) is 0 Å². The lowest BCUT2D eigenvalue weighted by molar-refractivity contribution is 0.237. The molecule has 1 aromatic rings. The highest BCUT2D eigenvalue weighted by molar-refractivity contribution is 7.89. The van der Waals surface area contributed by atoms with Crippen molar-refractivity contribution in [1.29, 1.82) is 0 Å². The van der Waals surface area contributed by atoms with Crippen molar-refractivity contribution in [1.82, 2.24) is 9.21 Å². The average molecular weight is 315 g/mol. The molecule has 0 saturated carbocycles. The summed E-state index contributed by atoms with van der Waals surface area (Å²) in [6.07, 6.45) is 2.06. The Morgan fingerprint density at radius 3 is 2.86 bits per heavy atom. The van der Waals surface area contributed by atoms with Crippen LogP contribution in [0.5, 0.6) is 0 Å². The SMILES string of the molecule is CCN1CCCC1CN(C)S(=O)(=O)c1cc(F)ccc1N. The number of nitrogen functional groups attached to an aromatic ring is 1. The lowest BCUT2D eigenvalue weighted by atomic mass is 10.2. The molecular formula is C14H22FN3O2S. The number of hydrogen-bond acceptors (Lipinski definition) is 4. The van der Waals surface area contributed by atoms with Gasteiger partial charge in [0.2, 0.25) is 10.0 Å². The molecule has 1 heterocycles. The molecule has 1 fully saturated rings. The summed E-state index contributed by atoms with van der Waals surface area (Å²) in [5.74, 6) is -0.604. The maximum absolute atomic E-state index is 13.3. The molecule has 1 saturated heterocycles. The van der Waals surface area contributed by atoms with E-state index in [-0.39, 0.29) is 16.6 Å². The van der Waals surface area contributed by atoms with Gasteiger partial charge in [0.05, 0.1) is 5.69 Å². The Morgan fingerprint density at radius 2 is 2.19 bits per heavy atom. The highest BCUT2D eigenvalue weighted by Crippen LogP contribution is 2.25. The van der Waals surface area contributed by atoms with Gasteiger partial charge in [-0.2, -0.15) is 4.31 Å². The number of nitrogens with zero attached hydrogens (tertiary/aromatic N) is 2. The fourth-order valence-corrected chi connectivity index (χ4v) is 4.14. The zero-order chi connectivity index (χ0) is 15.6. The molecule has 1 aliphatic rings. The van der Waals surface area contributed by atoms with E-state index in [1.54, 1.807) is 0 Å². The number of nitrogens with two attached hydrogens (primary N) is 1. The van der Waals surface area contributed by atoms with E-state index in [1.165, 1.54) is 17.4 Å². The molecule has 2 rings (SSSR count). The summed E-state index contributed by atoms with van der Waals surface area (Å²) < 4.78 is 39.7. The first-order valence-corrected chi connectivity index (χ1v) is 8.55. The van der Waals surface area contributed by atoms with Gasteiger partial charge in [-0.15, -0.1) is 0 Å². The van der Waals surface area contributed by atoms with Gasteiger partial charge < -0.3 is 5.73 Å². The second-order valence-electron chi connectivity index (χ2n) is 5.39. The van der Waals surface area contributed by atoms with Crippen LogP contribution in [0, 0.1) is 5.82 Å². The van der Waals surface area contributed by atoms with E-state index in [2.05, 4.69) is 11.8 Å². The molecule has 1 unspecified atom stereocenters. The normalized spacial score (nSPS) is 20.3. The van der Waals surface area contributed by atoms with E-state index in [4.69, 9.17) is 5.73 Å². The largest absolute Gasteiger partial charge is 0.398 e. The Labute approximate surface area is 125 Å². The predicted octanol–water partition coefficient (Wildman–Crippen LogP) is 1.51. The van der Waals surface area contributed by atoms with Crippen molar-refractivity contribution in [2.24, 2.45) is 0 Å². The van der Waals surface area contributed by atoms with Crippen molar-refractivity contribution in [3.63, 3.8) is 0 Å². The molecule has 2 N–H and O–H groups in total. The summed E-state index contributed by atoms with van der Waals surface area (Å²) in [7, 11) is -2.25. The van der Waals surface area contributed by atoms with Crippen LogP contribution in [-0.2, 0) is 10.0 Å². The van der Waals surface area contributed by atoms with E-state index in [1.807, 2.05) is 0 Å². The summed E-state index contributed by atoms with van der Waals surface area (Å²) in [5.41, 5.74) is 5.76. The molecule has 0 aliphatic carbocycles. The number of rotatable bonds is 5. The van der Waals surface area contributed by atoms with E-state index in [9.17, 15) is 12.8 Å². The van der Waals surface area contributed by atoms with Gasteiger partial charge in [-0.05, 0) is 44.1 Å². The Kier molecular flexibility index (Phi) is 4.85. The molecule has 118 valence electrons. The molecular weight excluding hydrogens is 293 g/mol. The molecule has 1 aromatic carbocycles. The van der Waals surface area contributed by atoms with Crippen LogP contribution in [0.3, 0.4) is 0 Å². The van der Waals surface area contributed by atoms with Gasteiger partial charge in [-0.1, -0.05) is 6.92 Å². The zero-order valence-electron chi connectivity index (χ0n) is 12.4. The number of anilines is 1. The number of hydrogen-bond donors (Lipinski definition) is 1. The molecule has 1 aliphatic heterocycles. The molecule has 0 bridgehead atoms. The Bertz CT molecular complexity index is 606. The standard InChI is InChI=1S/C14H22FN3O2S/c1-3-18-8-4-5-12(18)10-17(2)21(19,20)14-9-11(15)6-7-13(14)16/h6-7,9,12H,3-5,8,10,16H2,1-2H3. The van der Waals surface area contributed by atoms with Gasteiger partial charge >= 0.3 is 0 Å². The summed E-state index contributed by atoms with van der Waals surface area (Å²) in [5, 5.41) is 0. The number of likely N-dealkylation sites (N-methyl/N-ethyl adjacent to an activating group) is 2. The molecule has 7 heteroatoms. The molecule has 21 heavy (non-hydrogen) atoms. The summed E-state index contributed by atoms with van der Waals surface area (Å²) in [6.45, 7) is 4.36. The minimum atomic E-state index is -3.77. The molecule has 0 aromatic heterocycles. The first-order chi connectivity index (χ1) is 9.86. The highest BCUT2D eigenvalue weighted by atomic mass is 32.2. The number of halogens is 1. The van der Waals surface area contributed by atoms with Crippen LogP contribution < -0.4 is 5.73 Å². The average Bonchev–Trinajstić information content (AvgIpc) is 2.88. The van der Waals surface area contributed by atoms with Crippen molar-refractivity contribution < 1.29 is 12.8 Å². The smallest absolute Gasteiger partial charge is 0.245 e. The molecule has 1 atom stereocenters. The zero-order valence-corrected chi connectivity index (χ0v) is 13.2. The fraction of sp³-hybridized carbons (Fsp3) is 0.571. The van der Waals surface area contributed by atoms with Crippen LogP contribution >= 0.6 is 0 Å². The maximum atomic E-state index is 13.3. The highest BCUT2D eigenvalue weighted by Gasteiger charge is 2.30. The third kappa shape index (κ3) is 3.36. The van der Waals surface area contributed by atoms with E-state index in [0.29, 0.717) is 6.54 Å². The van der Waals surface area contributed by atoms with Gasteiger partial charge in [0, 0.05) is 19.6 Å². The molecule has 5 nitrogen and oxygen atoms in total. The Morgan fingerprint density at radius 1 is 1.48 bits per heavy atom. The first-order valence-electron chi connectivity index (χ1n) is 7.11. The first kappa shape index (κ1) is 16.2. The van der Waals surface area contributed by atoms with Crippen molar-refractivity contribution >= 4 is 15.7 Å². The van der Waals surface area contributed by atoms with E-state index < -0.39 is 15.8 Å². The predicted molar refractivity (Wildman–Crippen MR) is 80.9 cm³/mol. The number of likely N-dealkylation sites (tertiary alicyclic amines) is 1. The van der Waals surface area contributed by atoms with Gasteiger partial charge in [-0.3, -0.25) is 4.90 Å². The fourth-order valence-electron chi connectivity index (χ4n) is 2.81. The Balaban J connectivity index is 2.20. The third-order valence-electron chi connectivity index (χ3n) is 4.04. The second-order valence-corrected chi connectivity index (χ2v) is 7.41. The van der Waals surface area contributed by atoms with Crippen molar-refractivity contribution in [2.75, 3.05) is 32.4 Å². The molecule has 0 radical (unpaired) electrons. The van der Waals surface area contributed by atoms with Crippen LogP contribution in [0.15, 0.2) is 23.1 Å². The summed E-state index contributed by atoms with van der Waals surface area (Å²) in [4.78, 5) is 2.10. The lowest BCUT2D eigenvalue weighted by Crippen LogP contribution is -2.41. The summed E-state index contributed by atoms with van der Waals surface area (Å²) in [6, 6.07) is 3.63. The van der Waals surface area contributed by atoms with Gasteiger partial charge in [-0.25, -0.2) is 12.8 Å². The maximum Gasteiger partial charge on any atom is 0.245 e. The van der Waals surface area contributed by atoms with Gasteiger partial charge in [0.25, 0.3) is 0 Å². The molecule has 0 spiro atoms. The van der Waals surface area contributed by atoms with Crippen LogP contribution in [0.1, 0.15) is 19.8 Å². The molecule has 0 amide bonds. The van der Waals surface area contributed by atoms with E-state index >= 15 is 0 Å². The minimum Gasteiger partial charge on any atom is -0.398 e. The summed E-state index contributed by atoms with van der Waals surface area (Å²) >= 11 is 0. The van der Waals surface area contributed by atoms with Crippen molar-refractivity contribution in [3.05, 3.63) is 24.0 Å². The van der Waals surface area contributed by atoms with Crippen molar-refractivity contribution in [3.8, 4) is 0 Å². The Hall–Kier alpha value is -1.18. The number of sulfonamides is 1. The van der Waals surface area contributed by atoms with Crippen LogP contribution in [0.4, 0.5) is 10.1 Å². The lowest BCUT2D eigenvalue weighted by Gasteiger charge is -2.27. The number of benzene rings is 1. The van der Waals surface area contributed by atoms with Crippen LogP contribution in [-0.4, -0.2) is 50.3 Å². The van der Waals surface area contributed by atoms with Crippen LogP contribution in [0.2, 0.25) is 0 Å². The minimum absolute atomic E-state index is 0.0713. The van der Waals surface area contributed by atoms with Gasteiger partial charge in [0.1, 0.15) is 10.7 Å². The van der Waals surface area contributed by atoms with Crippen LogP contribution in [0.25, 0.3) is 0 Å². The monoisotopic (exact) mass is 315 g/mol. The quantitative estimate of drug-likeness (QED) is 0.837.